The van der Waals surface area contributed by atoms with Crippen molar-refractivity contribution in [3.8, 4) is 10.6 Å². The summed E-state index contributed by atoms with van der Waals surface area (Å²) in [7, 11) is 0. The third-order valence-electron chi connectivity index (χ3n) is 2.83. The molecule has 1 aromatic heterocycles. The van der Waals surface area contributed by atoms with Gasteiger partial charge in [0.2, 0.25) is 5.91 Å². The maximum atomic E-state index is 11.3. The molecule has 5 nitrogen and oxygen atoms in total. The molecule has 0 atom stereocenters. The van der Waals surface area contributed by atoms with Crippen LogP contribution in [0.5, 0.6) is 0 Å². The van der Waals surface area contributed by atoms with Gasteiger partial charge >= 0.3 is 0 Å². The van der Waals surface area contributed by atoms with Gasteiger partial charge in [-0.05, 0) is 6.42 Å². The molecule has 0 bridgehead atoms. The Bertz CT molecular complexity index is 610. The second-order valence-electron chi connectivity index (χ2n) is 4.48. The molecule has 0 saturated carbocycles. The number of rotatable bonds is 7. The predicted octanol–water partition coefficient (Wildman–Crippen LogP) is 0.999. The summed E-state index contributed by atoms with van der Waals surface area (Å²) in [6.45, 7) is 0.448. The van der Waals surface area contributed by atoms with Crippen molar-refractivity contribution in [2.45, 2.75) is 19.3 Å². The Morgan fingerprint density at radius 1 is 1.19 bits per heavy atom. The molecule has 1 amide bonds. The number of aliphatic carboxylic acids is 1. The van der Waals surface area contributed by atoms with E-state index in [-0.39, 0.29) is 18.7 Å². The van der Waals surface area contributed by atoms with Crippen molar-refractivity contribution >= 4 is 23.2 Å². The van der Waals surface area contributed by atoms with Crippen LogP contribution in [0, 0.1) is 0 Å². The first kappa shape index (κ1) is 15.2. The Balaban J connectivity index is 1.78. The number of carboxylic acids is 1. The number of aromatic nitrogens is 1. The van der Waals surface area contributed by atoms with Gasteiger partial charge in [0.15, 0.2) is 0 Å². The van der Waals surface area contributed by atoms with E-state index in [1.807, 2.05) is 35.7 Å². The van der Waals surface area contributed by atoms with Gasteiger partial charge in [0.05, 0.1) is 5.69 Å². The van der Waals surface area contributed by atoms with Crippen molar-refractivity contribution in [3.05, 3.63) is 41.4 Å². The zero-order valence-corrected chi connectivity index (χ0v) is 12.2. The standard InChI is InChI=1S/C15H16N2O3S/c18-13(6-7-14(19)20)16-9-8-12-10-21-15(17-12)11-4-2-1-3-5-11/h1-5,10H,6-9H2,(H,16,18)(H,19,20)/p-1. The van der Waals surface area contributed by atoms with E-state index in [9.17, 15) is 14.7 Å². The number of benzene rings is 1. The number of hydrogen-bond donors (Lipinski definition) is 1. The normalized spacial score (nSPS) is 10.3. The topological polar surface area (TPSA) is 82.1 Å². The molecule has 6 heteroatoms. The van der Waals surface area contributed by atoms with Gasteiger partial charge in [0.25, 0.3) is 0 Å². The molecule has 110 valence electrons. The fourth-order valence-electron chi connectivity index (χ4n) is 1.77. The SMILES string of the molecule is O=C([O-])CCC(=O)NCCc1csc(-c2ccccc2)n1. The number of carbonyl (C=O) groups excluding carboxylic acids is 2. The summed E-state index contributed by atoms with van der Waals surface area (Å²) in [6.07, 6.45) is 0.329. The van der Waals surface area contributed by atoms with Gasteiger partial charge in [-0.3, -0.25) is 4.79 Å². The highest BCUT2D eigenvalue weighted by Gasteiger charge is 2.05. The van der Waals surface area contributed by atoms with E-state index in [4.69, 9.17) is 0 Å². The van der Waals surface area contributed by atoms with Crippen molar-refractivity contribution < 1.29 is 14.7 Å². The second kappa shape index (κ2) is 7.54. The van der Waals surface area contributed by atoms with Crippen LogP contribution >= 0.6 is 11.3 Å². The summed E-state index contributed by atoms with van der Waals surface area (Å²) in [5, 5.41) is 15.8. The van der Waals surface area contributed by atoms with E-state index in [0.717, 1.165) is 16.3 Å². The first-order chi connectivity index (χ1) is 10.1. The lowest BCUT2D eigenvalue weighted by atomic mass is 10.2. The Morgan fingerprint density at radius 3 is 2.67 bits per heavy atom. The third-order valence-corrected chi connectivity index (χ3v) is 3.77. The Labute approximate surface area is 126 Å². The highest BCUT2D eigenvalue weighted by atomic mass is 32.1. The van der Waals surface area contributed by atoms with Crippen LogP contribution in [0.3, 0.4) is 0 Å². The molecule has 21 heavy (non-hydrogen) atoms. The largest absolute Gasteiger partial charge is 0.550 e. The van der Waals surface area contributed by atoms with Gasteiger partial charge in [-0.15, -0.1) is 11.3 Å². The number of thiazole rings is 1. The smallest absolute Gasteiger partial charge is 0.220 e. The summed E-state index contributed by atoms with van der Waals surface area (Å²) >= 11 is 1.57. The van der Waals surface area contributed by atoms with Crippen LogP contribution in [0.1, 0.15) is 18.5 Å². The van der Waals surface area contributed by atoms with Crippen molar-refractivity contribution in [2.75, 3.05) is 6.54 Å². The summed E-state index contributed by atoms with van der Waals surface area (Å²) in [5.74, 6) is -1.49. The molecule has 0 fully saturated rings. The van der Waals surface area contributed by atoms with Gasteiger partial charge in [-0.2, -0.15) is 0 Å². The third kappa shape index (κ3) is 5.00. The minimum absolute atomic E-state index is 0.0470. The molecule has 0 aliphatic heterocycles. The fourth-order valence-corrected chi connectivity index (χ4v) is 2.63. The average molecular weight is 303 g/mol. The van der Waals surface area contributed by atoms with Crippen LogP contribution in [-0.2, 0) is 16.0 Å². The molecule has 1 N–H and O–H groups in total. The summed E-state index contributed by atoms with van der Waals surface area (Å²) in [6, 6.07) is 9.90. The summed E-state index contributed by atoms with van der Waals surface area (Å²) < 4.78 is 0. The molecule has 0 aliphatic rings. The van der Waals surface area contributed by atoms with Gasteiger partial charge in [-0.25, -0.2) is 4.98 Å². The highest BCUT2D eigenvalue weighted by Crippen LogP contribution is 2.23. The van der Waals surface area contributed by atoms with E-state index in [0.29, 0.717) is 13.0 Å². The van der Waals surface area contributed by atoms with Crippen LogP contribution in [-0.4, -0.2) is 23.4 Å². The van der Waals surface area contributed by atoms with Crippen molar-refractivity contribution in [3.63, 3.8) is 0 Å². The molecule has 2 rings (SSSR count). The highest BCUT2D eigenvalue weighted by molar-refractivity contribution is 7.13. The van der Waals surface area contributed by atoms with E-state index < -0.39 is 5.97 Å². The molecular weight excluding hydrogens is 288 g/mol. The lowest BCUT2D eigenvalue weighted by Crippen LogP contribution is -2.29. The number of hydrogen-bond acceptors (Lipinski definition) is 5. The lowest BCUT2D eigenvalue weighted by Gasteiger charge is -2.04. The van der Waals surface area contributed by atoms with Gasteiger partial charge in [0, 0.05) is 36.3 Å². The van der Waals surface area contributed by atoms with E-state index in [1.54, 1.807) is 11.3 Å². The van der Waals surface area contributed by atoms with Crippen LogP contribution in [0.2, 0.25) is 0 Å². The minimum atomic E-state index is -1.21. The maximum Gasteiger partial charge on any atom is 0.220 e. The zero-order valence-electron chi connectivity index (χ0n) is 11.4. The van der Waals surface area contributed by atoms with E-state index >= 15 is 0 Å². The predicted molar refractivity (Wildman–Crippen MR) is 78.5 cm³/mol. The lowest BCUT2D eigenvalue weighted by molar-refractivity contribution is -0.305. The summed E-state index contributed by atoms with van der Waals surface area (Å²) in [4.78, 5) is 26.1. The molecular formula is C15H15N2O3S-. The van der Waals surface area contributed by atoms with Crippen LogP contribution in [0.25, 0.3) is 10.6 Å². The van der Waals surface area contributed by atoms with E-state index in [2.05, 4.69) is 10.3 Å². The number of nitrogens with zero attached hydrogens (tertiary/aromatic N) is 1. The first-order valence-electron chi connectivity index (χ1n) is 6.61. The van der Waals surface area contributed by atoms with Gasteiger partial charge in [-0.1, -0.05) is 30.3 Å². The number of carbonyl (C=O) groups is 2. The molecule has 0 unspecified atom stereocenters. The molecule has 1 aromatic carbocycles. The minimum Gasteiger partial charge on any atom is -0.550 e. The second-order valence-corrected chi connectivity index (χ2v) is 5.34. The molecule has 2 aromatic rings. The van der Waals surface area contributed by atoms with E-state index in [1.165, 1.54) is 0 Å². The Morgan fingerprint density at radius 2 is 1.95 bits per heavy atom. The fraction of sp³-hybridized carbons (Fsp3) is 0.267. The van der Waals surface area contributed by atoms with Crippen LogP contribution in [0.4, 0.5) is 0 Å². The molecule has 1 heterocycles. The van der Waals surface area contributed by atoms with Crippen molar-refractivity contribution in [1.82, 2.24) is 10.3 Å². The summed E-state index contributed by atoms with van der Waals surface area (Å²) in [5.41, 5.74) is 1.99. The number of amides is 1. The van der Waals surface area contributed by atoms with Crippen LogP contribution < -0.4 is 10.4 Å². The Kier molecular flexibility index (Phi) is 5.45. The maximum absolute atomic E-state index is 11.3. The van der Waals surface area contributed by atoms with Gasteiger partial charge < -0.3 is 15.2 Å². The van der Waals surface area contributed by atoms with Crippen molar-refractivity contribution in [2.24, 2.45) is 0 Å². The average Bonchev–Trinajstić information content (AvgIpc) is 2.95. The number of carboxylic acid groups (broad SMARTS) is 1. The molecule has 0 aliphatic carbocycles. The molecule has 0 saturated heterocycles. The first-order valence-corrected chi connectivity index (χ1v) is 7.49. The van der Waals surface area contributed by atoms with Crippen LogP contribution in [0.15, 0.2) is 35.7 Å². The Hall–Kier alpha value is -2.21. The van der Waals surface area contributed by atoms with Crippen molar-refractivity contribution in [1.29, 1.82) is 0 Å². The molecule has 0 spiro atoms. The monoisotopic (exact) mass is 303 g/mol. The van der Waals surface area contributed by atoms with Gasteiger partial charge in [0.1, 0.15) is 5.01 Å². The molecule has 0 radical (unpaired) electrons. The number of nitrogens with one attached hydrogen (secondary N) is 1. The zero-order chi connectivity index (χ0) is 15.1. The quantitative estimate of drug-likeness (QED) is 0.827.